The molecule has 0 fully saturated rings. The number of carboxylic acid groups (broad SMARTS) is 1. The minimum absolute atomic E-state index is 0.0341. The molecule has 21 heavy (non-hydrogen) atoms. The summed E-state index contributed by atoms with van der Waals surface area (Å²) >= 11 is 3.21. The SMILES string of the molecule is Cc1c(Br)cc(S(=O)(=O)NC(C)C(C)(C)C)cc1C(=O)O. The van der Waals surface area contributed by atoms with E-state index in [1.807, 2.05) is 20.8 Å². The van der Waals surface area contributed by atoms with Crippen LogP contribution in [0.5, 0.6) is 0 Å². The van der Waals surface area contributed by atoms with E-state index in [0.29, 0.717) is 10.0 Å². The van der Waals surface area contributed by atoms with Gasteiger partial charge in [-0.05, 0) is 37.0 Å². The summed E-state index contributed by atoms with van der Waals surface area (Å²) in [7, 11) is -3.78. The average Bonchev–Trinajstić information content (AvgIpc) is 2.29. The zero-order chi connectivity index (χ0) is 16.6. The van der Waals surface area contributed by atoms with E-state index >= 15 is 0 Å². The van der Waals surface area contributed by atoms with Gasteiger partial charge in [-0.3, -0.25) is 0 Å². The van der Waals surface area contributed by atoms with Crippen LogP contribution in [0.4, 0.5) is 0 Å². The molecule has 118 valence electrons. The Balaban J connectivity index is 3.30. The summed E-state index contributed by atoms with van der Waals surface area (Å²) in [6.45, 7) is 9.17. The molecule has 0 saturated carbocycles. The first-order valence-electron chi connectivity index (χ1n) is 6.42. The molecule has 1 unspecified atom stereocenters. The van der Waals surface area contributed by atoms with E-state index in [4.69, 9.17) is 5.11 Å². The molecule has 2 N–H and O–H groups in total. The molecular weight excluding hydrogens is 358 g/mol. The van der Waals surface area contributed by atoms with Crippen LogP contribution in [0.3, 0.4) is 0 Å². The number of sulfonamides is 1. The maximum Gasteiger partial charge on any atom is 0.336 e. The number of benzene rings is 1. The third kappa shape index (κ3) is 4.28. The second-order valence-electron chi connectivity index (χ2n) is 6.09. The summed E-state index contributed by atoms with van der Waals surface area (Å²) in [6.07, 6.45) is 0. The van der Waals surface area contributed by atoms with Gasteiger partial charge in [0.05, 0.1) is 10.5 Å². The predicted octanol–water partition coefficient (Wildman–Crippen LogP) is 3.17. The van der Waals surface area contributed by atoms with Gasteiger partial charge in [0.25, 0.3) is 0 Å². The fourth-order valence-electron chi connectivity index (χ4n) is 1.51. The van der Waals surface area contributed by atoms with Crippen LogP contribution >= 0.6 is 15.9 Å². The van der Waals surface area contributed by atoms with Gasteiger partial charge in [0.2, 0.25) is 10.0 Å². The molecule has 0 radical (unpaired) electrons. The van der Waals surface area contributed by atoms with Crippen LogP contribution in [-0.4, -0.2) is 25.5 Å². The molecule has 0 amide bonds. The summed E-state index contributed by atoms with van der Waals surface area (Å²) in [5, 5.41) is 9.16. The molecule has 7 heteroatoms. The Morgan fingerprint density at radius 3 is 2.29 bits per heavy atom. The number of nitrogens with one attached hydrogen (secondary N) is 1. The third-order valence-corrected chi connectivity index (χ3v) is 5.83. The molecule has 0 aliphatic heterocycles. The van der Waals surface area contributed by atoms with Crippen molar-refractivity contribution in [3.05, 3.63) is 27.7 Å². The Bertz CT molecular complexity index is 662. The van der Waals surface area contributed by atoms with Crippen LogP contribution in [-0.2, 0) is 10.0 Å². The quantitative estimate of drug-likeness (QED) is 0.843. The Labute approximate surface area is 133 Å². The molecule has 1 rings (SSSR count). The first-order chi connectivity index (χ1) is 9.36. The highest BCUT2D eigenvalue weighted by Gasteiger charge is 2.27. The minimum Gasteiger partial charge on any atom is -0.478 e. The van der Waals surface area contributed by atoms with E-state index in [1.54, 1.807) is 13.8 Å². The number of hydrogen-bond donors (Lipinski definition) is 2. The monoisotopic (exact) mass is 377 g/mol. The topological polar surface area (TPSA) is 83.5 Å². The molecular formula is C14H20BrNO4S. The fourth-order valence-corrected chi connectivity index (χ4v) is 3.62. The average molecular weight is 378 g/mol. The Morgan fingerprint density at radius 1 is 1.33 bits per heavy atom. The van der Waals surface area contributed by atoms with E-state index in [0.717, 1.165) is 0 Å². The van der Waals surface area contributed by atoms with Gasteiger partial charge >= 0.3 is 5.97 Å². The summed E-state index contributed by atoms with van der Waals surface area (Å²) < 4.78 is 27.8. The van der Waals surface area contributed by atoms with Gasteiger partial charge < -0.3 is 5.11 Å². The van der Waals surface area contributed by atoms with Crippen molar-refractivity contribution in [2.24, 2.45) is 5.41 Å². The first kappa shape index (κ1) is 18.1. The molecule has 5 nitrogen and oxygen atoms in total. The third-order valence-electron chi connectivity index (χ3n) is 3.49. The largest absolute Gasteiger partial charge is 0.478 e. The number of hydrogen-bond acceptors (Lipinski definition) is 3. The Kier molecular flexibility index (Phi) is 5.23. The van der Waals surface area contributed by atoms with Gasteiger partial charge in [0, 0.05) is 10.5 Å². The van der Waals surface area contributed by atoms with Crippen molar-refractivity contribution in [1.82, 2.24) is 4.72 Å². The van der Waals surface area contributed by atoms with Gasteiger partial charge in [-0.1, -0.05) is 36.7 Å². The van der Waals surface area contributed by atoms with E-state index in [-0.39, 0.29) is 21.9 Å². The van der Waals surface area contributed by atoms with Crippen molar-refractivity contribution >= 4 is 31.9 Å². The lowest BCUT2D eigenvalue weighted by molar-refractivity contribution is 0.0695. The molecule has 0 saturated heterocycles. The zero-order valence-electron chi connectivity index (χ0n) is 12.7. The van der Waals surface area contributed by atoms with Crippen molar-refractivity contribution in [2.45, 2.75) is 45.6 Å². The summed E-state index contributed by atoms with van der Waals surface area (Å²) in [5.41, 5.74) is 0.212. The first-order valence-corrected chi connectivity index (χ1v) is 8.69. The van der Waals surface area contributed by atoms with Crippen LogP contribution in [0.2, 0.25) is 0 Å². The molecule has 0 heterocycles. The standard InChI is InChI=1S/C14H20BrNO4S/c1-8-11(13(17)18)6-10(7-12(8)15)21(19,20)16-9(2)14(3,4)5/h6-7,9,16H,1-5H3,(H,17,18). The van der Waals surface area contributed by atoms with Gasteiger partial charge in [-0.25, -0.2) is 17.9 Å². The molecule has 0 aliphatic rings. The van der Waals surface area contributed by atoms with Gasteiger partial charge in [-0.2, -0.15) is 0 Å². The van der Waals surface area contributed by atoms with E-state index in [1.165, 1.54) is 12.1 Å². The van der Waals surface area contributed by atoms with Crippen molar-refractivity contribution in [3.63, 3.8) is 0 Å². The van der Waals surface area contributed by atoms with Crippen LogP contribution in [0.25, 0.3) is 0 Å². The lowest BCUT2D eigenvalue weighted by Gasteiger charge is -2.28. The molecule has 0 aliphatic carbocycles. The molecule has 1 aromatic carbocycles. The molecule has 0 spiro atoms. The van der Waals surface area contributed by atoms with Crippen LogP contribution < -0.4 is 4.72 Å². The van der Waals surface area contributed by atoms with E-state index < -0.39 is 16.0 Å². The highest BCUT2D eigenvalue weighted by atomic mass is 79.9. The maximum atomic E-state index is 12.4. The summed E-state index contributed by atoms with van der Waals surface area (Å²) in [4.78, 5) is 11.1. The lowest BCUT2D eigenvalue weighted by Crippen LogP contribution is -2.41. The second kappa shape index (κ2) is 6.06. The smallest absolute Gasteiger partial charge is 0.336 e. The number of rotatable bonds is 4. The zero-order valence-corrected chi connectivity index (χ0v) is 15.1. The summed E-state index contributed by atoms with van der Waals surface area (Å²) in [5.74, 6) is -1.16. The van der Waals surface area contributed by atoms with Crippen molar-refractivity contribution in [3.8, 4) is 0 Å². The summed E-state index contributed by atoms with van der Waals surface area (Å²) in [6, 6.07) is 2.30. The second-order valence-corrected chi connectivity index (χ2v) is 8.66. The highest BCUT2D eigenvalue weighted by molar-refractivity contribution is 9.10. The maximum absolute atomic E-state index is 12.4. The molecule has 0 aromatic heterocycles. The number of aromatic carboxylic acids is 1. The van der Waals surface area contributed by atoms with Gasteiger partial charge in [-0.15, -0.1) is 0 Å². The van der Waals surface area contributed by atoms with Gasteiger partial charge in [0.15, 0.2) is 0 Å². The number of halogens is 1. The molecule has 1 aromatic rings. The highest BCUT2D eigenvalue weighted by Crippen LogP contribution is 2.26. The fraction of sp³-hybridized carbons (Fsp3) is 0.500. The Morgan fingerprint density at radius 2 is 1.86 bits per heavy atom. The Hall–Kier alpha value is -0.920. The van der Waals surface area contributed by atoms with Crippen molar-refractivity contribution < 1.29 is 18.3 Å². The minimum atomic E-state index is -3.78. The number of carboxylic acids is 1. The number of carbonyl (C=O) groups is 1. The molecule has 0 bridgehead atoms. The lowest BCUT2D eigenvalue weighted by atomic mass is 9.89. The van der Waals surface area contributed by atoms with Gasteiger partial charge in [0.1, 0.15) is 0 Å². The van der Waals surface area contributed by atoms with E-state index in [2.05, 4.69) is 20.7 Å². The van der Waals surface area contributed by atoms with Crippen molar-refractivity contribution in [1.29, 1.82) is 0 Å². The van der Waals surface area contributed by atoms with Crippen LogP contribution in [0.1, 0.15) is 43.6 Å². The molecule has 1 atom stereocenters. The normalized spacial score (nSPS) is 14.0. The van der Waals surface area contributed by atoms with Crippen molar-refractivity contribution in [2.75, 3.05) is 0 Å². The predicted molar refractivity (Wildman–Crippen MR) is 85.1 cm³/mol. The van der Waals surface area contributed by atoms with Crippen LogP contribution in [0.15, 0.2) is 21.5 Å². The van der Waals surface area contributed by atoms with E-state index in [9.17, 15) is 13.2 Å². The van der Waals surface area contributed by atoms with Crippen LogP contribution in [0, 0.1) is 12.3 Å².